The molecule has 0 saturated carbocycles. The van der Waals surface area contributed by atoms with Gasteiger partial charge in [-0.1, -0.05) is 53.5 Å². The van der Waals surface area contributed by atoms with Crippen molar-refractivity contribution in [3.8, 4) is 11.5 Å². The lowest BCUT2D eigenvalue weighted by Gasteiger charge is -2.27. The standard InChI is InChI=1S/C23H19Cl2F3N2O3/c1-22(32,23(26,27)28)15-11-18(24)20(19(25)12-15)30-21(31)29-13-14-7-9-17(10-8-14)33-16-5-3-2-4-6-16/h2-12,32H,13H2,1H3,(H2,29,30,31). The molecule has 3 aromatic carbocycles. The minimum absolute atomic E-state index is 0.0795. The Bertz CT molecular complexity index is 1100. The van der Waals surface area contributed by atoms with Gasteiger partial charge in [-0.2, -0.15) is 13.2 Å². The summed E-state index contributed by atoms with van der Waals surface area (Å²) in [5.74, 6) is 1.32. The molecule has 1 atom stereocenters. The van der Waals surface area contributed by atoms with E-state index >= 15 is 0 Å². The van der Waals surface area contributed by atoms with E-state index in [9.17, 15) is 23.1 Å². The number of hydrogen-bond donors (Lipinski definition) is 3. The van der Waals surface area contributed by atoms with Crippen molar-refractivity contribution in [1.29, 1.82) is 0 Å². The van der Waals surface area contributed by atoms with Gasteiger partial charge in [-0.15, -0.1) is 0 Å². The highest BCUT2D eigenvalue weighted by Gasteiger charge is 2.51. The van der Waals surface area contributed by atoms with E-state index < -0.39 is 23.4 Å². The number of aliphatic hydroxyl groups is 1. The molecule has 0 spiro atoms. The molecular weight excluding hydrogens is 480 g/mol. The molecule has 0 aliphatic rings. The zero-order valence-electron chi connectivity index (χ0n) is 17.2. The molecule has 33 heavy (non-hydrogen) atoms. The van der Waals surface area contributed by atoms with Gasteiger partial charge in [0.05, 0.1) is 15.7 Å². The Balaban J connectivity index is 1.61. The van der Waals surface area contributed by atoms with Crippen molar-refractivity contribution in [1.82, 2.24) is 5.32 Å². The lowest BCUT2D eigenvalue weighted by atomic mass is 9.95. The molecule has 0 bridgehead atoms. The van der Waals surface area contributed by atoms with Gasteiger partial charge in [-0.25, -0.2) is 4.79 Å². The van der Waals surface area contributed by atoms with Gasteiger partial charge < -0.3 is 20.5 Å². The highest BCUT2D eigenvalue weighted by Crippen LogP contribution is 2.42. The second-order valence-electron chi connectivity index (χ2n) is 7.25. The minimum atomic E-state index is -4.94. The molecule has 10 heteroatoms. The minimum Gasteiger partial charge on any atom is -0.457 e. The van der Waals surface area contributed by atoms with Crippen molar-refractivity contribution in [3.63, 3.8) is 0 Å². The van der Waals surface area contributed by atoms with Crippen LogP contribution in [0.3, 0.4) is 0 Å². The summed E-state index contributed by atoms with van der Waals surface area (Å²) >= 11 is 12.0. The van der Waals surface area contributed by atoms with Crippen LogP contribution >= 0.6 is 23.2 Å². The second-order valence-corrected chi connectivity index (χ2v) is 8.07. The fourth-order valence-corrected chi connectivity index (χ4v) is 3.36. The van der Waals surface area contributed by atoms with E-state index in [4.69, 9.17) is 27.9 Å². The SMILES string of the molecule is CC(O)(c1cc(Cl)c(NC(=O)NCc2ccc(Oc3ccccc3)cc2)c(Cl)c1)C(F)(F)F. The van der Waals surface area contributed by atoms with E-state index in [-0.39, 0.29) is 22.3 Å². The lowest BCUT2D eigenvalue weighted by Crippen LogP contribution is -2.39. The van der Waals surface area contributed by atoms with Gasteiger partial charge >= 0.3 is 12.2 Å². The molecule has 3 aromatic rings. The molecule has 5 nitrogen and oxygen atoms in total. The molecular formula is C23H19Cl2F3N2O3. The van der Waals surface area contributed by atoms with Crippen LogP contribution in [0, 0.1) is 0 Å². The quantitative estimate of drug-likeness (QED) is 0.347. The van der Waals surface area contributed by atoms with Crippen LogP contribution in [-0.4, -0.2) is 17.3 Å². The number of nitrogens with one attached hydrogen (secondary N) is 2. The molecule has 0 heterocycles. The third kappa shape index (κ3) is 6.10. The first kappa shape index (κ1) is 24.7. The molecule has 1 unspecified atom stereocenters. The number of benzene rings is 3. The number of carbonyl (C=O) groups excluding carboxylic acids is 1. The monoisotopic (exact) mass is 498 g/mol. The van der Waals surface area contributed by atoms with Crippen molar-refractivity contribution in [3.05, 3.63) is 87.9 Å². The first-order chi connectivity index (χ1) is 15.5. The van der Waals surface area contributed by atoms with Gasteiger partial charge in [0, 0.05) is 6.54 Å². The van der Waals surface area contributed by atoms with Gasteiger partial charge in [-0.3, -0.25) is 0 Å². The number of halogens is 5. The Morgan fingerprint density at radius 1 is 0.970 bits per heavy atom. The first-order valence-electron chi connectivity index (χ1n) is 9.62. The summed E-state index contributed by atoms with van der Waals surface area (Å²) < 4.78 is 44.9. The maximum atomic E-state index is 13.1. The molecule has 0 saturated heterocycles. The topological polar surface area (TPSA) is 70.6 Å². The summed E-state index contributed by atoms with van der Waals surface area (Å²) in [4.78, 5) is 12.2. The molecule has 0 aliphatic heterocycles. The number of carbonyl (C=O) groups is 1. The maximum Gasteiger partial charge on any atom is 0.421 e. The van der Waals surface area contributed by atoms with Crippen LogP contribution in [-0.2, 0) is 12.1 Å². The Labute approximate surface area is 198 Å². The Kier molecular flexibility index (Phi) is 7.41. The zero-order valence-corrected chi connectivity index (χ0v) is 18.7. The molecule has 3 N–H and O–H groups in total. The number of ether oxygens (including phenoxy) is 1. The van der Waals surface area contributed by atoms with Gasteiger partial charge in [-0.05, 0) is 54.4 Å². The molecule has 0 radical (unpaired) electrons. The third-order valence-electron chi connectivity index (χ3n) is 4.75. The fourth-order valence-electron chi connectivity index (χ4n) is 2.78. The van der Waals surface area contributed by atoms with Gasteiger partial charge in [0.2, 0.25) is 0 Å². The number of para-hydroxylation sites is 1. The van der Waals surface area contributed by atoms with Crippen LogP contribution in [0.4, 0.5) is 23.7 Å². The Hall–Kier alpha value is -2.94. The van der Waals surface area contributed by atoms with Crippen molar-refractivity contribution < 1.29 is 27.8 Å². The van der Waals surface area contributed by atoms with E-state index in [1.807, 2.05) is 30.3 Å². The number of anilines is 1. The molecule has 0 fully saturated rings. The van der Waals surface area contributed by atoms with Crippen LogP contribution in [0.25, 0.3) is 0 Å². The molecule has 0 aromatic heterocycles. The van der Waals surface area contributed by atoms with Crippen LogP contribution in [0.1, 0.15) is 18.1 Å². The number of rotatable bonds is 6. The average molecular weight is 499 g/mol. The molecule has 2 amide bonds. The van der Waals surface area contributed by atoms with E-state index in [0.29, 0.717) is 18.4 Å². The summed E-state index contributed by atoms with van der Waals surface area (Å²) in [6, 6.07) is 17.4. The number of amides is 2. The van der Waals surface area contributed by atoms with Gasteiger partial charge in [0.1, 0.15) is 11.5 Å². The van der Waals surface area contributed by atoms with Crippen molar-refractivity contribution in [2.24, 2.45) is 0 Å². The highest BCUT2D eigenvalue weighted by molar-refractivity contribution is 6.39. The number of hydrogen-bond acceptors (Lipinski definition) is 3. The zero-order chi connectivity index (χ0) is 24.2. The molecule has 0 aliphatic carbocycles. The van der Waals surface area contributed by atoms with Crippen molar-refractivity contribution >= 4 is 34.9 Å². The summed E-state index contributed by atoms with van der Waals surface area (Å²) in [6.45, 7) is 0.749. The summed E-state index contributed by atoms with van der Waals surface area (Å²) in [7, 11) is 0. The van der Waals surface area contributed by atoms with Crippen LogP contribution in [0.5, 0.6) is 11.5 Å². The number of urea groups is 1. The lowest BCUT2D eigenvalue weighted by molar-refractivity contribution is -0.258. The van der Waals surface area contributed by atoms with Crippen LogP contribution < -0.4 is 15.4 Å². The summed E-state index contributed by atoms with van der Waals surface area (Å²) in [5.41, 5.74) is -3.01. The van der Waals surface area contributed by atoms with E-state index in [0.717, 1.165) is 17.7 Å². The third-order valence-corrected chi connectivity index (χ3v) is 5.35. The Morgan fingerprint density at radius 2 is 1.52 bits per heavy atom. The summed E-state index contributed by atoms with van der Waals surface area (Å²) in [5, 5.41) is 14.3. The average Bonchev–Trinajstić information content (AvgIpc) is 2.75. The second kappa shape index (κ2) is 9.91. The predicted molar refractivity (Wildman–Crippen MR) is 121 cm³/mol. The van der Waals surface area contributed by atoms with Crippen molar-refractivity contribution in [2.75, 3.05) is 5.32 Å². The van der Waals surface area contributed by atoms with E-state index in [1.54, 1.807) is 24.3 Å². The molecule has 174 valence electrons. The maximum absolute atomic E-state index is 13.1. The largest absolute Gasteiger partial charge is 0.457 e. The number of alkyl halides is 3. The van der Waals surface area contributed by atoms with E-state index in [1.165, 1.54) is 0 Å². The Morgan fingerprint density at radius 3 is 2.06 bits per heavy atom. The van der Waals surface area contributed by atoms with Crippen LogP contribution in [0.2, 0.25) is 10.0 Å². The van der Waals surface area contributed by atoms with E-state index in [2.05, 4.69) is 10.6 Å². The van der Waals surface area contributed by atoms with Gasteiger partial charge in [0.25, 0.3) is 0 Å². The van der Waals surface area contributed by atoms with Crippen LogP contribution in [0.15, 0.2) is 66.7 Å². The van der Waals surface area contributed by atoms with Gasteiger partial charge in [0.15, 0.2) is 5.60 Å². The molecule has 3 rings (SSSR count). The first-order valence-corrected chi connectivity index (χ1v) is 10.4. The van der Waals surface area contributed by atoms with Crippen molar-refractivity contribution in [2.45, 2.75) is 25.2 Å². The highest BCUT2D eigenvalue weighted by atomic mass is 35.5. The predicted octanol–water partition coefficient (Wildman–Crippen LogP) is 6.88. The summed E-state index contributed by atoms with van der Waals surface area (Å²) in [6.07, 6.45) is -4.94. The fraction of sp³-hybridized carbons (Fsp3) is 0.174. The normalized spacial score (nSPS) is 13.2. The smallest absolute Gasteiger partial charge is 0.421 e.